The average molecular weight is 197 g/mol. The minimum absolute atomic E-state index is 0.0882. The Kier molecular flexibility index (Phi) is 3.34. The van der Waals surface area contributed by atoms with Crippen LogP contribution in [0, 0.1) is 0 Å². The fourth-order valence-corrected chi connectivity index (χ4v) is 1.37. The Morgan fingerprint density at radius 1 is 1.54 bits per heavy atom. The molecule has 3 heteroatoms. The highest BCUT2D eigenvalue weighted by atomic mass is 35.5. The van der Waals surface area contributed by atoms with Crippen molar-refractivity contribution in [2.75, 3.05) is 5.73 Å². The second-order valence-corrected chi connectivity index (χ2v) is 3.34. The Labute approximate surface area is 83.2 Å². The topological polar surface area (TPSA) is 52.0 Å². The van der Waals surface area contributed by atoms with E-state index in [0.29, 0.717) is 17.1 Å². The summed E-state index contributed by atoms with van der Waals surface area (Å²) in [5.41, 5.74) is 13.2. The highest BCUT2D eigenvalue weighted by Gasteiger charge is 2.07. The number of rotatable bonds is 3. The second kappa shape index (κ2) is 4.30. The second-order valence-electron chi connectivity index (χ2n) is 2.90. The third-order valence-electron chi connectivity index (χ3n) is 1.87. The first kappa shape index (κ1) is 10.1. The van der Waals surface area contributed by atoms with E-state index in [1.54, 1.807) is 18.2 Å². The Morgan fingerprint density at radius 2 is 2.23 bits per heavy atom. The van der Waals surface area contributed by atoms with Crippen LogP contribution in [0.3, 0.4) is 0 Å². The maximum Gasteiger partial charge on any atom is 0.0426 e. The third kappa shape index (κ3) is 2.47. The summed E-state index contributed by atoms with van der Waals surface area (Å²) >= 11 is 5.76. The fourth-order valence-electron chi connectivity index (χ4n) is 1.19. The Morgan fingerprint density at radius 3 is 2.77 bits per heavy atom. The van der Waals surface area contributed by atoms with Crippen LogP contribution in [-0.2, 0) is 0 Å². The summed E-state index contributed by atoms with van der Waals surface area (Å²) < 4.78 is 0. The van der Waals surface area contributed by atoms with Gasteiger partial charge < -0.3 is 11.5 Å². The summed E-state index contributed by atoms with van der Waals surface area (Å²) in [5.74, 6) is 0. The number of nitrogen functional groups attached to an aromatic ring is 1. The lowest BCUT2D eigenvalue weighted by atomic mass is 10.0. The van der Waals surface area contributed by atoms with Crippen molar-refractivity contribution >= 4 is 17.3 Å². The molecule has 0 radical (unpaired) electrons. The molecule has 0 aliphatic heterocycles. The third-order valence-corrected chi connectivity index (χ3v) is 2.10. The van der Waals surface area contributed by atoms with Crippen molar-refractivity contribution in [1.82, 2.24) is 0 Å². The molecule has 0 aliphatic carbocycles. The molecule has 1 rings (SSSR count). The smallest absolute Gasteiger partial charge is 0.0426 e. The van der Waals surface area contributed by atoms with Gasteiger partial charge in [0.2, 0.25) is 0 Å². The van der Waals surface area contributed by atoms with Gasteiger partial charge in [-0.2, -0.15) is 0 Å². The van der Waals surface area contributed by atoms with Crippen molar-refractivity contribution < 1.29 is 0 Å². The summed E-state index contributed by atoms with van der Waals surface area (Å²) in [6.45, 7) is 3.63. The van der Waals surface area contributed by atoms with Crippen LogP contribution in [0.4, 0.5) is 5.69 Å². The predicted molar refractivity (Wildman–Crippen MR) is 57.6 cm³/mol. The molecule has 0 bridgehead atoms. The van der Waals surface area contributed by atoms with Gasteiger partial charge in [-0.25, -0.2) is 0 Å². The largest absolute Gasteiger partial charge is 0.398 e. The highest BCUT2D eigenvalue weighted by Crippen LogP contribution is 2.24. The quantitative estimate of drug-likeness (QED) is 0.577. The maximum atomic E-state index is 5.86. The van der Waals surface area contributed by atoms with Crippen LogP contribution < -0.4 is 11.5 Å². The number of halogens is 1. The van der Waals surface area contributed by atoms with Crippen LogP contribution in [-0.4, -0.2) is 0 Å². The van der Waals surface area contributed by atoms with Gasteiger partial charge in [-0.05, 0) is 24.1 Å². The SMILES string of the molecule is C=CC[C@@H](N)c1ccc(Cl)cc1N. The van der Waals surface area contributed by atoms with E-state index in [4.69, 9.17) is 23.1 Å². The molecule has 13 heavy (non-hydrogen) atoms. The lowest BCUT2D eigenvalue weighted by Gasteiger charge is -2.12. The summed E-state index contributed by atoms with van der Waals surface area (Å²) in [7, 11) is 0. The number of anilines is 1. The van der Waals surface area contributed by atoms with E-state index >= 15 is 0 Å². The van der Waals surface area contributed by atoms with Crippen molar-refractivity contribution in [3.8, 4) is 0 Å². The minimum Gasteiger partial charge on any atom is -0.398 e. The molecule has 70 valence electrons. The van der Waals surface area contributed by atoms with Crippen LogP contribution in [0.5, 0.6) is 0 Å². The highest BCUT2D eigenvalue weighted by molar-refractivity contribution is 6.30. The Hall–Kier alpha value is -0.990. The molecule has 0 fully saturated rings. The van der Waals surface area contributed by atoms with E-state index in [-0.39, 0.29) is 6.04 Å². The van der Waals surface area contributed by atoms with Crippen molar-refractivity contribution in [1.29, 1.82) is 0 Å². The Bertz CT molecular complexity index is 310. The average Bonchev–Trinajstić information content (AvgIpc) is 2.04. The van der Waals surface area contributed by atoms with E-state index in [0.717, 1.165) is 5.56 Å². The van der Waals surface area contributed by atoms with Crippen molar-refractivity contribution in [2.24, 2.45) is 5.73 Å². The first-order chi connectivity index (χ1) is 6.15. The van der Waals surface area contributed by atoms with E-state index in [1.807, 2.05) is 6.07 Å². The van der Waals surface area contributed by atoms with Crippen LogP contribution >= 0.6 is 11.6 Å². The van der Waals surface area contributed by atoms with Gasteiger partial charge >= 0.3 is 0 Å². The zero-order valence-electron chi connectivity index (χ0n) is 7.33. The summed E-state index contributed by atoms with van der Waals surface area (Å²) in [6, 6.07) is 5.26. The lowest BCUT2D eigenvalue weighted by molar-refractivity contribution is 0.744. The lowest BCUT2D eigenvalue weighted by Crippen LogP contribution is -2.11. The molecule has 0 aliphatic rings. The van der Waals surface area contributed by atoms with Gasteiger partial charge in [0.25, 0.3) is 0 Å². The molecular weight excluding hydrogens is 184 g/mol. The molecule has 0 aromatic heterocycles. The van der Waals surface area contributed by atoms with E-state index in [9.17, 15) is 0 Å². The van der Waals surface area contributed by atoms with Crippen molar-refractivity contribution in [3.63, 3.8) is 0 Å². The summed E-state index contributed by atoms with van der Waals surface area (Å²) in [6.07, 6.45) is 2.49. The number of nitrogens with two attached hydrogens (primary N) is 2. The molecule has 0 amide bonds. The molecule has 1 aromatic carbocycles. The zero-order chi connectivity index (χ0) is 9.84. The molecule has 0 saturated carbocycles. The van der Waals surface area contributed by atoms with Crippen molar-refractivity contribution in [2.45, 2.75) is 12.5 Å². The van der Waals surface area contributed by atoms with Gasteiger partial charge in [-0.15, -0.1) is 6.58 Å². The molecule has 1 aromatic rings. The molecule has 1 atom stereocenters. The predicted octanol–water partition coefficient (Wildman–Crippen LogP) is 2.50. The Balaban J connectivity index is 2.94. The molecule has 0 saturated heterocycles. The number of benzene rings is 1. The monoisotopic (exact) mass is 196 g/mol. The van der Waals surface area contributed by atoms with Crippen LogP contribution in [0.2, 0.25) is 5.02 Å². The molecular formula is C10H13ClN2. The zero-order valence-corrected chi connectivity index (χ0v) is 8.09. The van der Waals surface area contributed by atoms with Crippen LogP contribution in [0.15, 0.2) is 30.9 Å². The first-order valence-electron chi connectivity index (χ1n) is 4.06. The number of hydrogen-bond donors (Lipinski definition) is 2. The molecule has 0 heterocycles. The molecule has 0 unspecified atom stereocenters. The maximum absolute atomic E-state index is 5.86. The van der Waals surface area contributed by atoms with Gasteiger partial charge in [0.05, 0.1) is 0 Å². The van der Waals surface area contributed by atoms with Gasteiger partial charge in [0, 0.05) is 16.8 Å². The van der Waals surface area contributed by atoms with Gasteiger partial charge in [0.15, 0.2) is 0 Å². The standard InChI is InChI=1S/C10H13ClN2/c1-2-3-9(12)8-5-4-7(11)6-10(8)13/h2,4-6,9H,1,3,12-13H2/t9-/m1/s1. The van der Waals surface area contributed by atoms with Gasteiger partial charge in [0.1, 0.15) is 0 Å². The van der Waals surface area contributed by atoms with E-state index in [1.165, 1.54) is 0 Å². The number of hydrogen-bond acceptors (Lipinski definition) is 2. The van der Waals surface area contributed by atoms with Crippen LogP contribution in [0.25, 0.3) is 0 Å². The summed E-state index contributed by atoms with van der Waals surface area (Å²) in [5, 5.41) is 0.632. The van der Waals surface area contributed by atoms with E-state index < -0.39 is 0 Å². The van der Waals surface area contributed by atoms with Crippen LogP contribution in [0.1, 0.15) is 18.0 Å². The van der Waals surface area contributed by atoms with Gasteiger partial charge in [-0.1, -0.05) is 23.7 Å². The molecule has 0 spiro atoms. The first-order valence-corrected chi connectivity index (χ1v) is 4.44. The molecule has 4 N–H and O–H groups in total. The molecule has 2 nitrogen and oxygen atoms in total. The van der Waals surface area contributed by atoms with Gasteiger partial charge in [-0.3, -0.25) is 0 Å². The van der Waals surface area contributed by atoms with Crippen molar-refractivity contribution in [3.05, 3.63) is 41.4 Å². The van der Waals surface area contributed by atoms with E-state index in [2.05, 4.69) is 6.58 Å². The normalized spacial score (nSPS) is 12.5. The minimum atomic E-state index is -0.0882. The summed E-state index contributed by atoms with van der Waals surface area (Å²) in [4.78, 5) is 0. The fraction of sp³-hybridized carbons (Fsp3) is 0.200.